The Morgan fingerprint density at radius 1 is 1.40 bits per heavy atom. The van der Waals surface area contributed by atoms with Crippen LogP contribution in [0.3, 0.4) is 0 Å². The maximum Gasteiger partial charge on any atom is 0.330 e. The average molecular weight is 251 g/mol. The Kier molecular flexibility index (Phi) is 5.64. The highest BCUT2D eigenvalue weighted by Gasteiger charge is 2.37. The Hall–Kier alpha value is -0.0631. The SMILES string of the molecule is CCCCOC(=O)CO[Si]1(Cl)CCCC1. The van der Waals surface area contributed by atoms with Crippen LogP contribution in [0.5, 0.6) is 0 Å². The second kappa shape index (κ2) is 6.50. The fourth-order valence-corrected chi connectivity index (χ4v) is 5.04. The molecule has 1 saturated heterocycles. The number of carbonyl (C=O) groups is 1. The minimum atomic E-state index is -2.03. The van der Waals surface area contributed by atoms with Gasteiger partial charge in [-0.1, -0.05) is 26.2 Å². The van der Waals surface area contributed by atoms with Gasteiger partial charge < -0.3 is 9.16 Å². The lowest BCUT2D eigenvalue weighted by Crippen LogP contribution is -2.30. The third-order valence-electron chi connectivity index (χ3n) is 2.56. The molecular weight excluding hydrogens is 232 g/mol. The quantitative estimate of drug-likeness (QED) is 0.315. The van der Waals surface area contributed by atoms with Crippen molar-refractivity contribution in [2.45, 2.75) is 44.7 Å². The van der Waals surface area contributed by atoms with E-state index in [1.807, 2.05) is 0 Å². The normalized spacial score (nSPS) is 19.1. The fourth-order valence-electron chi connectivity index (χ4n) is 1.61. The van der Waals surface area contributed by atoms with Gasteiger partial charge in [-0.3, -0.25) is 0 Å². The van der Waals surface area contributed by atoms with Gasteiger partial charge >= 0.3 is 5.97 Å². The van der Waals surface area contributed by atoms with E-state index in [-0.39, 0.29) is 12.6 Å². The van der Waals surface area contributed by atoms with E-state index >= 15 is 0 Å². The van der Waals surface area contributed by atoms with Crippen molar-refractivity contribution in [3.8, 4) is 0 Å². The van der Waals surface area contributed by atoms with Crippen molar-refractivity contribution in [2.24, 2.45) is 0 Å². The lowest BCUT2D eigenvalue weighted by atomic mass is 10.4. The van der Waals surface area contributed by atoms with Gasteiger partial charge in [-0.2, -0.15) is 0 Å². The summed E-state index contributed by atoms with van der Waals surface area (Å²) < 4.78 is 10.5. The van der Waals surface area contributed by atoms with E-state index in [2.05, 4.69) is 6.92 Å². The summed E-state index contributed by atoms with van der Waals surface area (Å²) in [6.07, 6.45) is 4.22. The van der Waals surface area contributed by atoms with Crippen LogP contribution in [-0.4, -0.2) is 26.8 Å². The summed E-state index contributed by atoms with van der Waals surface area (Å²) in [6.45, 7) is 2.60. The molecule has 0 aromatic carbocycles. The summed E-state index contributed by atoms with van der Waals surface area (Å²) in [5, 5.41) is 0. The Morgan fingerprint density at radius 3 is 2.67 bits per heavy atom. The molecule has 0 aliphatic carbocycles. The molecule has 3 nitrogen and oxygen atoms in total. The van der Waals surface area contributed by atoms with Crippen LogP contribution >= 0.6 is 11.1 Å². The van der Waals surface area contributed by atoms with E-state index in [1.165, 1.54) is 0 Å². The lowest BCUT2D eigenvalue weighted by Gasteiger charge is -2.17. The Balaban J connectivity index is 2.10. The molecule has 88 valence electrons. The largest absolute Gasteiger partial charge is 0.464 e. The highest BCUT2D eigenvalue weighted by molar-refractivity contribution is 7.17. The first-order valence-electron chi connectivity index (χ1n) is 5.65. The number of hydrogen-bond donors (Lipinski definition) is 0. The first kappa shape index (κ1) is 13.0. The predicted octanol–water partition coefficient (Wildman–Crippen LogP) is 2.82. The van der Waals surface area contributed by atoms with Crippen LogP contribution in [0, 0.1) is 0 Å². The number of unbranched alkanes of at least 4 members (excludes halogenated alkanes) is 1. The van der Waals surface area contributed by atoms with Crippen LogP contribution in [-0.2, 0) is 14.0 Å². The van der Waals surface area contributed by atoms with Crippen LogP contribution in [0.15, 0.2) is 0 Å². The van der Waals surface area contributed by atoms with Crippen LogP contribution in [0.1, 0.15) is 32.6 Å². The summed E-state index contributed by atoms with van der Waals surface area (Å²) in [5.74, 6) is -0.275. The minimum Gasteiger partial charge on any atom is -0.464 e. The second-order valence-electron chi connectivity index (χ2n) is 3.95. The van der Waals surface area contributed by atoms with E-state index in [0.717, 1.165) is 37.8 Å². The molecule has 5 heteroatoms. The summed E-state index contributed by atoms with van der Waals surface area (Å²) in [5.41, 5.74) is 0. The van der Waals surface area contributed by atoms with Crippen molar-refractivity contribution in [1.82, 2.24) is 0 Å². The molecule has 1 fully saturated rings. The van der Waals surface area contributed by atoms with Gasteiger partial charge in [0, 0.05) is 0 Å². The Labute approximate surface area is 96.9 Å². The summed E-state index contributed by atoms with van der Waals surface area (Å²) in [6, 6.07) is 1.94. The summed E-state index contributed by atoms with van der Waals surface area (Å²) in [4.78, 5) is 11.2. The molecule has 1 rings (SSSR count). The summed E-state index contributed by atoms with van der Waals surface area (Å²) >= 11 is 6.28. The predicted molar refractivity (Wildman–Crippen MR) is 62.3 cm³/mol. The smallest absolute Gasteiger partial charge is 0.330 e. The number of carbonyl (C=O) groups excluding carboxylic acids is 1. The monoisotopic (exact) mass is 250 g/mol. The van der Waals surface area contributed by atoms with E-state index < -0.39 is 7.63 Å². The van der Waals surface area contributed by atoms with Gasteiger partial charge in [-0.25, -0.2) is 4.79 Å². The Morgan fingerprint density at radius 2 is 2.07 bits per heavy atom. The molecule has 0 saturated carbocycles. The molecule has 0 unspecified atom stereocenters. The highest BCUT2D eigenvalue weighted by atomic mass is 35.6. The van der Waals surface area contributed by atoms with Crippen molar-refractivity contribution in [2.75, 3.05) is 13.2 Å². The lowest BCUT2D eigenvalue weighted by molar-refractivity contribution is -0.146. The van der Waals surface area contributed by atoms with Gasteiger partial charge in [-0.05, 0) is 18.5 Å². The third-order valence-corrected chi connectivity index (χ3v) is 6.88. The molecule has 1 aliphatic heterocycles. The molecule has 15 heavy (non-hydrogen) atoms. The fraction of sp³-hybridized carbons (Fsp3) is 0.900. The number of esters is 1. The number of rotatable bonds is 6. The maximum atomic E-state index is 11.2. The Bertz CT molecular complexity index is 205. The molecule has 0 aromatic rings. The van der Waals surface area contributed by atoms with Crippen molar-refractivity contribution >= 4 is 24.7 Å². The van der Waals surface area contributed by atoms with Crippen molar-refractivity contribution in [3.63, 3.8) is 0 Å². The van der Waals surface area contributed by atoms with Crippen LogP contribution in [0.2, 0.25) is 12.1 Å². The van der Waals surface area contributed by atoms with Gasteiger partial charge in [0.2, 0.25) is 0 Å². The van der Waals surface area contributed by atoms with Gasteiger partial charge in [0.25, 0.3) is 7.63 Å². The second-order valence-corrected chi connectivity index (χ2v) is 9.07. The van der Waals surface area contributed by atoms with E-state index in [4.69, 9.17) is 20.2 Å². The zero-order valence-electron chi connectivity index (χ0n) is 9.26. The van der Waals surface area contributed by atoms with Gasteiger partial charge in [0.1, 0.15) is 6.61 Å². The zero-order chi connectivity index (χ0) is 11.1. The van der Waals surface area contributed by atoms with Crippen molar-refractivity contribution in [1.29, 1.82) is 0 Å². The maximum absolute atomic E-state index is 11.2. The van der Waals surface area contributed by atoms with Crippen LogP contribution in [0.4, 0.5) is 0 Å². The molecule has 0 N–H and O–H groups in total. The molecular formula is C10H19ClO3Si. The van der Waals surface area contributed by atoms with Crippen molar-refractivity contribution < 1.29 is 14.0 Å². The summed E-state index contributed by atoms with van der Waals surface area (Å²) in [7, 11) is -2.03. The van der Waals surface area contributed by atoms with E-state index in [0.29, 0.717) is 6.61 Å². The molecule has 0 bridgehead atoms. The highest BCUT2D eigenvalue weighted by Crippen LogP contribution is 2.33. The minimum absolute atomic E-state index is 0.0411. The van der Waals surface area contributed by atoms with Crippen molar-refractivity contribution in [3.05, 3.63) is 0 Å². The number of hydrogen-bond acceptors (Lipinski definition) is 3. The van der Waals surface area contributed by atoms with Gasteiger partial charge in [0.15, 0.2) is 0 Å². The average Bonchev–Trinajstić information content (AvgIpc) is 2.64. The standard InChI is InChI=1S/C10H19ClO3Si/c1-2-3-6-13-10(12)9-14-15(11)7-4-5-8-15/h2-9H2,1H3. The van der Waals surface area contributed by atoms with Crippen LogP contribution in [0.25, 0.3) is 0 Å². The third kappa shape index (κ3) is 5.00. The van der Waals surface area contributed by atoms with Crippen LogP contribution < -0.4 is 0 Å². The molecule has 1 heterocycles. The molecule has 0 spiro atoms. The zero-order valence-corrected chi connectivity index (χ0v) is 11.0. The number of ether oxygens (including phenoxy) is 1. The molecule has 0 atom stereocenters. The van der Waals surface area contributed by atoms with E-state index in [1.54, 1.807) is 0 Å². The van der Waals surface area contributed by atoms with E-state index in [9.17, 15) is 4.79 Å². The topological polar surface area (TPSA) is 35.5 Å². The number of halogens is 1. The molecule has 0 amide bonds. The van der Waals surface area contributed by atoms with Gasteiger partial charge in [-0.15, -0.1) is 11.1 Å². The molecule has 1 aliphatic rings. The molecule has 0 aromatic heterocycles. The molecule has 0 radical (unpaired) electrons. The first-order chi connectivity index (χ1) is 7.16. The first-order valence-corrected chi connectivity index (χ1v) is 8.98. The van der Waals surface area contributed by atoms with Gasteiger partial charge in [0.05, 0.1) is 6.61 Å².